The van der Waals surface area contributed by atoms with Crippen molar-refractivity contribution in [2.45, 2.75) is 18.8 Å². The van der Waals surface area contributed by atoms with E-state index in [1.54, 1.807) is 0 Å². The highest BCUT2D eigenvalue weighted by Crippen LogP contribution is 2.24. The molecule has 1 nitrogen and oxygen atoms in total. The number of carbonyl (C=O) groups is 1. The van der Waals surface area contributed by atoms with Crippen molar-refractivity contribution in [2.24, 2.45) is 0 Å². The third-order valence-electron chi connectivity index (χ3n) is 0.858. The second-order valence-corrected chi connectivity index (χ2v) is 2.63. The Kier molecular flexibility index (Phi) is 4.13. The van der Waals surface area contributed by atoms with Crippen LogP contribution >= 0.6 is 23.2 Å². The van der Waals surface area contributed by atoms with Gasteiger partial charge < -0.3 is 0 Å². The van der Waals surface area contributed by atoms with Crippen LogP contribution in [0.3, 0.4) is 0 Å². The molecule has 0 radical (unpaired) electrons. The summed E-state index contributed by atoms with van der Waals surface area (Å²) >= 11 is 9.77. The molecule has 0 amide bonds. The van der Waals surface area contributed by atoms with E-state index in [1.807, 2.05) is 0 Å². The fourth-order valence-electron chi connectivity index (χ4n) is 0.430. The van der Waals surface area contributed by atoms with Crippen molar-refractivity contribution in [1.29, 1.82) is 0 Å². The standard InChI is InChI=1S/C5H6Cl2F2O/c6-2-1-5(8,9)3-4(7)10/h1-3H2. The van der Waals surface area contributed by atoms with Gasteiger partial charge in [-0.05, 0) is 11.6 Å². The number of halogens is 4. The fraction of sp³-hybridized carbons (Fsp3) is 0.800. The molecule has 0 saturated carbocycles. The van der Waals surface area contributed by atoms with Crippen LogP contribution in [0.1, 0.15) is 12.8 Å². The zero-order chi connectivity index (χ0) is 8.20. The summed E-state index contributed by atoms with van der Waals surface area (Å²) in [6, 6.07) is 0. The highest BCUT2D eigenvalue weighted by atomic mass is 35.5. The number of alkyl halides is 3. The van der Waals surface area contributed by atoms with Gasteiger partial charge in [0.15, 0.2) is 0 Å². The number of rotatable bonds is 4. The van der Waals surface area contributed by atoms with Crippen LogP contribution in [0.4, 0.5) is 8.78 Å². The van der Waals surface area contributed by atoms with Crippen LogP contribution < -0.4 is 0 Å². The van der Waals surface area contributed by atoms with Crippen LogP contribution in [0.25, 0.3) is 0 Å². The molecule has 0 rings (SSSR count). The maximum atomic E-state index is 12.3. The Labute approximate surface area is 67.3 Å². The highest BCUT2D eigenvalue weighted by Gasteiger charge is 2.30. The van der Waals surface area contributed by atoms with Crippen LogP contribution in [-0.2, 0) is 4.79 Å². The lowest BCUT2D eigenvalue weighted by Gasteiger charge is -2.10. The van der Waals surface area contributed by atoms with Gasteiger partial charge in [0.25, 0.3) is 5.92 Å². The molecule has 0 aliphatic heterocycles. The molecule has 0 aromatic carbocycles. The van der Waals surface area contributed by atoms with Crippen molar-refractivity contribution in [1.82, 2.24) is 0 Å². The molecule has 0 saturated heterocycles. The average molecular weight is 191 g/mol. The van der Waals surface area contributed by atoms with Crippen molar-refractivity contribution in [3.05, 3.63) is 0 Å². The smallest absolute Gasteiger partial charge is 0.257 e. The van der Waals surface area contributed by atoms with Gasteiger partial charge in [0.2, 0.25) is 5.24 Å². The van der Waals surface area contributed by atoms with Gasteiger partial charge in [-0.1, -0.05) is 0 Å². The number of hydrogen-bond acceptors (Lipinski definition) is 1. The van der Waals surface area contributed by atoms with Gasteiger partial charge in [-0.3, -0.25) is 4.79 Å². The monoisotopic (exact) mass is 190 g/mol. The Hall–Kier alpha value is 0.110. The minimum atomic E-state index is -3.04. The summed E-state index contributed by atoms with van der Waals surface area (Å²) in [6.45, 7) is 0. The van der Waals surface area contributed by atoms with Gasteiger partial charge in [0.1, 0.15) is 0 Å². The lowest BCUT2D eigenvalue weighted by Crippen LogP contribution is -2.19. The topological polar surface area (TPSA) is 17.1 Å². The Morgan fingerprint density at radius 1 is 1.50 bits per heavy atom. The molecular formula is C5H6Cl2F2O. The minimum absolute atomic E-state index is 0.169. The molecule has 0 N–H and O–H groups in total. The molecular weight excluding hydrogens is 185 g/mol. The fourth-order valence-corrected chi connectivity index (χ4v) is 0.902. The zero-order valence-electron chi connectivity index (χ0n) is 5.04. The molecule has 0 aliphatic rings. The molecule has 0 unspecified atom stereocenters. The zero-order valence-corrected chi connectivity index (χ0v) is 6.55. The van der Waals surface area contributed by atoms with Crippen molar-refractivity contribution in [3.8, 4) is 0 Å². The summed E-state index contributed by atoms with van der Waals surface area (Å²) in [5, 5.41) is -1.03. The first kappa shape index (κ1) is 10.1. The molecule has 0 fully saturated rings. The predicted molar refractivity (Wildman–Crippen MR) is 35.8 cm³/mol. The van der Waals surface area contributed by atoms with Gasteiger partial charge in [0, 0.05) is 12.3 Å². The van der Waals surface area contributed by atoms with E-state index in [0.717, 1.165) is 0 Å². The summed E-state index contributed by atoms with van der Waals surface area (Å²) < 4.78 is 24.6. The molecule has 0 aliphatic carbocycles. The molecule has 0 heterocycles. The largest absolute Gasteiger partial charge is 0.281 e. The Bertz CT molecular complexity index is 127. The third kappa shape index (κ3) is 4.94. The summed E-state index contributed by atoms with van der Waals surface area (Å²) in [6.07, 6.45) is -1.44. The molecule has 0 aromatic rings. The molecule has 60 valence electrons. The van der Waals surface area contributed by atoms with E-state index in [0.29, 0.717) is 0 Å². The highest BCUT2D eigenvalue weighted by molar-refractivity contribution is 6.63. The Morgan fingerprint density at radius 2 is 2.00 bits per heavy atom. The van der Waals surface area contributed by atoms with Crippen LogP contribution in [0, 0.1) is 0 Å². The van der Waals surface area contributed by atoms with E-state index in [9.17, 15) is 13.6 Å². The molecule has 5 heteroatoms. The van der Waals surface area contributed by atoms with Crippen molar-refractivity contribution in [3.63, 3.8) is 0 Å². The second-order valence-electron chi connectivity index (χ2n) is 1.83. The first-order valence-electron chi connectivity index (χ1n) is 2.60. The van der Waals surface area contributed by atoms with E-state index in [-0.39, 0.29) is 5.88 Å². The SMILES string of the molecule is O=C(Cl)CC(F)(F)CCCl. The van der Waals surface area contributed by atoms with Crippen LogP contribution in [-0.4, -0.2) is 17.0 Å². The normalized spacial score (nSPS) is 11.6. The van der Waals surface area contributed by atoms with E-state index >= 15 is 0 Å². The summed E-state index contributed by atoms with van der Waals surface area (Å²) in [7, 11) is 0. The maximum absolute atomic E-state index is 12.3. The number of carbonyl (C=O) groups excluding carboxylic acids is 1. The second kappa shape index (κ2) is 4.09. The first-order valence-corrected chi connectivity index (χ1v) is 3.51. The number of hydrogen-bond donors (Lipinski definition) is 0. The maximum Gasteiger partial charge on any atom is 0.257 e. The quantitative estimate of drug-likeness (QED) is 0.492. The molecule has 0 atom stereocenters. The molecule has 0 aromatic heterocycles. The van der Waals surface area contributed by atoms with Crippen molar-refractivity contribution in [2.75, 3.05) is 5.88 Å². The lowest BCUT2D eigenvalue weighted by molar-refractivity contribution is -0.118. The van der Waals surface area contributed by atoms with E-state index in [4.69, 9.17) is 23.2 Å². The van der Waals surface area contributed by atoms with Crippen LogP contribution in [0.15, 0.2) is 0 Å². The van der Waals surface area contributed by atoms with Gasteiger partial charge in [-0.2, -0.15) is 0 Å². The summed E-state index contributed by atoms with van der Waals surface area (Å²) in [4.78, 5) is 9.98. The molecule has 0 spiro atoms. The summed E-state index contributed by atoms with van der Waals surface area (Å²) in [5.41, 5.74) is 0. The predicted octanol–water partition coefficient (Wildman–Crippen LogP) is 2.41. The van der Waals surface area contributed by atoms with Gasteiger partial charge in [-0.15, -0.1) is 11.6 Å². The lowest BCUT2D eigenvalue weighted by atomic mass is 10.2. The summed E-state index contributed by atoms with van der Waals surface area (Å²) in [5.74, 6) is -3.21. The van der Waals surface area contributed by atoms with Crippen molar-refractivity contribution < 1.29 is 13.6 Å². The Morgan fingerprint density at radius 3 is 2.30 bits per heavy atom. The molecule has 0 bridgehead atoms. The van der Waals surface area contributed by atoms with Gasteiger partial charge in [0.05, 0.1) is 6.42 Å². The average Bonchev–Trinajstić information content (AvgIpc) is 1.59. The minimum Gasteiger partial charge on any atom is -0.281 e. The Balaban J connectivity index is 3.74. The first-order chi connectivity index (χ1) is 4.48. The van der Waals surface area contributed by atoms with Crippen LogP contribution in [0.2, 0.25) is 0 Å². The molecule has 10 heavy (non-hydrogen) atoms. The van der Waals surface area contributed by atoms with E-state index in [2.05, 4.69) is 0 Å². The van der Waals surface area contributed by atoms with E-state index < -0.39 is 24.0 Å². The van der Waals surface area contributed by atoms with Gasteiger partial charge in [-0.25, -0.2) is 8.78 Å². The van der Waals surface area contributed by atoms with E-state index in [1.165, 1.54) is 0 Å². The third-order valence-corrected chi connectivity index (χ3v) is 1.18. The van der Waals surface area contributed by atoms with Crippen LogP contribution in [0.5, 0.6) is 0 Å². The van der Waals surface area contributed by atoms with Gasteiger partial charge >= 0.3 is 0 Å². The van der Waals surface area contributed by atoms with Crippen molar-refractivity contribution >= 4 is 28.4 Å².